The first-order valence-corrected chi connectivity index (χ1v) is 26.5. The van der Waals surface area contributed by atoms with E-state index in [1.807, 2.05) is 47.8 Å². The van der Waals surface area contributed by atoms with Crippen LogP contribution in [0.5, 0.6) is 0 Å². The number of allylic oxidation sites excluding steroid dienone is 3. The van der Waals surface area contributed by atoms with Crippen molar-refractivity contribution in [3.05, 3.63) is 37.0 Å². The molecule has 0 aliphatic carbocycles. The number of nitrogens with one attached hydrogen (secondary N) is 1. The van der Waals surface area contributed by atoms with Crippen molar-refractivity contribution in [1.82, 2.24) is 24.9 Å². The van der Waals surface area contributed by atoms with Crippen molar-refractivity contribution in [1.29, 1.82) is 0 Å². The van der Waals surface area contributed by atoms with Crippen LogP contribution in [0.3, 0.4) is 0 Å². The van der Waals surface area contributed by atoms with Crippen LogP contribution in [0, 0.1) is 29.6 Å². The van der Waals surface area contributed by atoms with Crippen LogP contribution in [0.2, 0.25) is 0 Å². The number of carboxylic acid groups (broad SMARTS) is 1. The first-order chi connectivity index (χ1) is 33.2. The summed E-state index contributed by atoms with van der Waals surface area (Å²) in [6, 6.07) is -2.42. The molecular formula is C53H90N6O11S. The fourth-order valence-corrected chi connectivity index (χ4v) is 10.0. The molecule has 9 atom stereocenters. The molecule has 0 spiro atoms. The van der Waals surface area contributed by atoms with E-state index >= 15 is 0 Å². The highest BCUT2D eigenvalue weighted by atomic mass is 32.2. The number of thioether (sulfide) groups is 1. The maximum Gasteiger partial charge on any atom is 0.326 e. The quantitative estimate of drug-likeness (QED) is 0.0413. The number of hydrogen-bond donors (Lipinski definition) is 3. The lowest BCUT2D eigenvalue weighted by molar-refractivity contribution is -0.147. The number of methoxy groups -OCH3 is 2. The average Bonchev–Trinajstić information content (AvgIpc) is 3.91. The number of hydrogen-bond acceptors (Lipinski definition) is 11. The number of carbonyl (C=O) groups is 8. The van der Waals surface area contributed by atoms with Crippen LogP contribution in [-0.4, -0.2) is 161 Å². The monoisotopic (exact) mass is 1020 g/mol. The fourth-order valence-electron chi connectivity index (χ4n) is 9.55. The normalized spacial score (nSPS) is 19.2. The Labute approximate surface area is 429 Å². The van der Waals surface area contributed by atoms with Gasteiger partial charge in [0.25, 0.3) is 0 Å². The number of ether oxygens (including phenoxy) is 2. The highest BCUT2D eigenvalue weighted by Gasteiger charge is 2.46. The summed E-state index contributed by atoms with van der Waals surface area (Å²) in [6.07, 6.45) is 10.9. The molecule has 0 aromatic heterocycles. The van der Waals surface area contributed by atoms with Crippen molar-refractivity contribution >= 4 is 59.1 Å². The van der Waals surface area contributed by atoms with Crippen LogP contribution in [0.25, 0.3) is 0 Å². The molecule has 9 unspecified atom stereocenters. The third-order valence-electron chi connectivity index (χ3n) is 14.2. The minimum absolute atomic E-state index is 0.0213. The Morgan fingerprint density at radius 1 is 0.944 bits per heavy atom. The van der Waals surface area contributed by atoms with Crippen LogP contribution in [0.4, 0.5) is 0 Å². The predicted molar refractivity (Wildman–Crippen MR) is 280 cm³/mol. The molecule has 7 amide bonds. The van der Waals surface area contributed by atoms with Crippen LogP contribution in [0.15, 0.2) is 37.0 Å². The van der Waals surface area contributed by atoms with Gasteiger partial charge in [0.1, 0.15) is 12.1 Å². The zero-order chi connectivity index (χ0) is 54.5. The Bertz CT molecular complexity index is 1860. The molecular weight excluding hydrogens is 929 g/mol. The second-order valence-electron chi connectivity index (χ2n) is 20.4. The maximum atomic E-state index is 13.8. The number of imide groups is 1. The number of amides is 7. The highest BCUT2D eigenvalue weighted by Crippen LogP contribution is 2.38. The summed E-state index contributed by atoms with van der Waals surface area (Å²) in [5.74, 6) is -3.28. The number of likely N-dealkylation sites (N-methyl/N-ethyl adjacent to an activating group) is 2. The van der Waals surface area contributed by atoms with Gasteiger partial charge < -0.3 is 40.3 Å². The highest BCUT2D eigenvalue weighted by molar-refractivity contribution is 8.00. The molecule has 2 fully saturated rings. The number of nitrogens with zero attached hydrogens (tertiary/aromatic N) is 4. The summed E-state index contributed by atoms with van der Waals surface area (Å²) in [5, 5.41) is 12.4. The molecule has 17 nitrogen and oxygen atoms in total. The standard InChI is InChI=1S/C33H55N3O7.C20H35N3O4S/c1-11-15-24(13-3)19-25(33(40)41)34-32(39)23(7)31(43-10)26-16-14-17-36(26)29(38)20-27(42-9)30(22(6)12-2)35(8)28(37)18-21(4)5;1-13(2)17(18(21)26)22(5)15(24)10-8-7-9-11-23-16(25)12-14(19(23)27)20(3,4)28-6/h11,13,15,21-23,25-27,30-31H,1,3,12,14,16-20H2,2,4-10H3,(H,34,39)(H,40,41);13-14,17H,7-12H2,1-6H3,(H2,21,26)/b24-15+;. The third-order valence-corrected chi connectivity index (χ3v) is 15.5. The van der Waals surface area contributed by atoms with E-state index in [1.165, 1.54) is 29.1 Å². The van der Waals surface area contributed by atoms with Gasteiger partial charge in [-0.15, -0.1) is 0 Å². The minimum atomic E-state index is -1.16. The first kappa shape index (κ1) is 64.5. The molecule has 0 radical (unpaired) electrons. The largest absolute Gasteiger partial charge is 0.480 e. The van der Waals surface area contributed by atoms with Crippen LogP contribution < -0.4 is 11.1 Å². The van der Waals surface area contributed by atoms with Gasteiger partial charge in [-0.05, 0) is 69.1 Å². The van der Waals surface area contributed by atoms with Gasteiger partial charge in [-0.2, -0.15) is 11.8 Å². The molecule has 2 heterocycles. The van der Waals surface area contributed by atoms with Crippen molar-refractivity contribution in [2.24, 2.45) is 35.3 Å². The van der Waals surface area contributed by atoms with Crippen LogP contribution >= 0.6 is 11.8 Å². The number of carbonyl (C=O) groups excluding carboxylic acids is 7. The van der Waals surface area contributed by atoms with Crippen LogP contribution in [-0.2, 0) is 47.8 Å². The van der Waals surface area contributed by atoms with E-state index in [0.717, 1.165) is 19.3 Å². The van der Waals surface area contributed by atoms with Crippen molar-refractivity contribution in [3.8, 4) is 0 Å². The molecule has 0 saturated carbocycles. The molecule has 2 rings (SSSR count). The number of likely N-dealkylation sites (tertiary alicyclic amines) is 2. The lowest BCUT2D eigenvalue weighted by Gasteiger charge is -2.39. The average molecular weight is 1020 g/mol. The molecule has 2 aliphatic rings. The Kier molecular flexibility index (Phi) is 28.3. The van der Waals surface area contributed by atoms with E-state index in [4.69, 9.17) is 15.2 Å². The van der Waals surface area contributed by atoms with Crippen molar-refractivity contribution < 1.29 is 52.9 Å². The lowest BCUT2D eigenvalue weighted by Crippen LogP contribution is -2.54. The smallest absolute Gasteiger partial charge is 0.326 e. The van der Waals surface area contributed by atoms with E-state index in [0.29, 0.717) is 50.8 Å². The summed E-state index contributed by atoms with van der Waals surface area (Å²) >= 11 is 1.60. The summed E-state index contributed by atoms with van der Waals surface area (Å²) in [7, 11) is 6.46. The summed E-state index contributed by atoms with van der Waals surface area (Å²) < 4.78 is 11.4. The molecule has 0 aromatic carbocycles. The molecule has 404 valence electrons. The lowest BCUT2D eigenvalue weighted by atomic mass is 9.90. The Morgan fingerprint density at radius 3 is 2.07 bits per heavy atom. The number of primary amides is 1. The van der Waals surface area contributed by atoms with Gasteiger partial charge in [0.05, 0.1) is 42.5 Å². The summed E-state index contributed by atoms with van der Waals surface area (Å²) in [5.41, 5.74) is 6.03. The molecule has 4 N–H and O–H groups in total. The maximum absolute atomic E-state index is 13.8. The molecule has 0 aromatic rings. The van der Waals surface area contributed by atoms with Gasteiger partial charge in [0, 0.05) is 71.8 Å². The van der Waals surface area contributed by atoms with E-state index in [1.54, 1.807) is 55.8 Å². The molecule has 18 heteroatoms. The van der Waals surface area contributed by atoms with Gasteiger partial charge in [-0.3, -0.25) is 38.5 Å². The number of aliphatic carboxylic acids is 1. The van der Waals surface area contributed by atoms with Crippen LogP contribution in [0.1, 0.15) is 133 Å². The number of unbranched alkanes of at least 4 members (excludes halogenated alkanes) is 2. The summed E-state index contributed by atoms with van der Waals surface area (Å²) in [4.78, 5) is 107. The van der Waals surface area contributed by atoms with Crippen molar-refractivity contribution in [2.45, 2.75) is 174 Å². The topological polar surface area (TPSA) is 226 Å². The first-order valence-electron chi connectivity index (χ1n) is 25.2. The number of carboxylic acids is 1. The van der Waals surface area contributed by atoms with Gasteiger partial charge in [-0.25, -0.2) is 4.79 Å². The second kappa shape index (κ2) is 31.1. The van der Waals surface area contributed by atoms with Gasteiger partial charge in [0.2, 0.25) is 41.4 Å². The van der Waals surface area contributed by atoms with Gasteiger partial charge in [-0.1, -0.05) is 92.7 Å². The fraction of sp³-hybridized carbons (Fsp3) is 0.736. The van der Waals surface area contributed by atoms with Crippen molar-refractivity contribution in [2.75, 3.05) is 47.7 Å². The molecule has 2 aliphatic heterocycles. The number of rotatable bonds is 30. The van der Waals surface area contributed by atoms with E-state index < -0.39 is 48.0 Å². The zero-order valence-electron chi connectivity index (χ0n) is 45.5. The SMILES string of the molecule is C=C/C=C(\C=C)CC(NC(=O)C(C)C(OC)C1CCCN1C(=O)CC(OC)C(C(C)CC)N(C)C(=O)CC(C)C)C(=O)O.CSC(C)(C)C1CC(=O)N(CCCCCC(=O)N(C)C(C(N)=O)C(C)C)C1=O. The second-order valence-corrected chi connectivity index (χ2v) is 21.8. The molecule has 0 bridgehead atoms. The molecule has 2 saturated heterocycles. The summed E-state index contributed by atoms with van der Waals surface area (Å²) in [6.45, 7) is 25.8. The van der Waals surface area contributed by atoms with E-state index in [2.05, 4.69) is 32.3 Å². The van der Waals surface area contributed by atoms with Gasteiger partial charge in [0.15, 0.2) is 0 Å². The third kappa shape index (κ3) is 19.1. The van der Waals surface area contributed by atoms with E-state index in [9.17, 15) is 43.5 Å². The predicted octanol–water partition coefficient (Wildman–Crippen LogP) is 6.24. The van der Waals surface area contributed by atoms with Crippen molar-refractivity contribution in [3.63, 3.8) is 0 Å². The van der Waals surface area contributed by atoms with Gasteiger partial charge >= 0.3 is 5.97 Å². The zero-order valence-corrected chi connectivity index (χ0v) is 46.3. The minimum Gasteiger partial charge on any atom is -0.480 e. The Hall–Kier alpha value is -4.55. The number of nitrogens with two attached hydrogens (primary N) is 1. The van der Waals surface area contributed by atoms with E-state index in [-0.39, 0.29) is 89.3 Å². The molecule has 71 heavy (non-hydrogen) atoms. The Balaban J connectivity index is 0.000000776. The Morgan fingerprint density at radius 2 is 1.58 bits per heavy atom.